The van der Waals surface area contributed by atoms with Gasteiger partial charge in [-0.25, -0.2) is 0 Å². The van der Waals surface area contributed by atoms with Gasteiger partial charge in [0.1, 0.15) is 0 Å². The largest absolute Gasteiger partial charge is 0.388 e. The number of benzene rings is 1. The summed E-state index contributed by atoms with van der Waals surface area (Å²) in [6.45, 7) is 0.878. The lowest BCUT2D eigenvalue weighted by Gasteiger charge is -2.20. The summed E-state index contributed by atoms with van der Waals surface area (Å²) in [7, 11) is 0. The molecule has 0 saturated carbocycles. The van der Waals surface area contributed by atoms with E-state index in [2.05, 4.69) is 10.8 Å². The number of hydrogen-bond donors (Lipinski definition) is 1. The Morgan fingerprint density at radius 1 is 1.25 bits per heavy atom. The van der Waals surface area contributed by atoms with Gasteiger partial charge in [-0.3, -0.25) is 0 Å². The topological polar surface area (TPSA) is 25.2 Å². The third kappa shape index (κ3) is 2.73. The van der Waals surface area contributed by atoms with E-state index in [0.29, 0.717) is 5.02 Å². The third-order valence-corrected chi connectivity index (χ3v) is 4.59. The molecule has 1 aliphatic carbocycles. The van der Waals surface area contributed by atoms with Gasteiger partial charge in [-0.05, 0) is 49.4 Å². The molecule has 2 aromatic rings. The molecule has 0 bridgehead atoms. The van der Waals surface area contributed by atoms with E-state index in [9.17, 15) is 5.11 Å². The monoisotopic (exact) mass is 309 g/mol. The van der Waals surface area contributed by atoms with E-state index in [1.54, 1.807) is 6.07 Å². The highest BCUT2D eigenvalue weighted by molar-refractivity contribution is 6.35. The highest BCUT2D eigenvalue weighted by Gasteiger charge is 2.20. The molecule has 1 N–H and O–H groups in total. The van der Waals surface area contributed by atoms with Gasteiger partial charge in [0.25, 0.3) is 0 Å². The van der Waals surface area contributed by atoms with Gasteiger partial charge in [-0.15, -0.1) is 0 Å². The first-order chi connectivity index (χ1) is 9.65. The van der Waals surface area contributed by atoms with Crippen LogP contribution in [-0.2, 0) is 19.4 Å². The van der Waals surface area contributed by atoms with Gasteiger partial charge in [0.15, 0.2) is 0 Å². The Morgan fingerprint density at radius 3 is 2.90 bits per heavy atom. The average molecular weight is 310 g/mol. The Balaban J connectivity index is 1.76. The van der Waals surface area contributed by atoms with Crippen molar-refractivity contribution in [3.05, 3.63) is 57.3 Å². The van der Waals surface area contributed by atoms with E-state index in [0.717, 1.165) is 48.4 Å². The van der Waals surface area contributed by atoms with Gasteiger partial charge >= 0.3 is 0 Å². The van der Waals surface area contributed by atoms with E-state index in [1.807, 2.05) is 18.2 Å². The fourth-order valence-electron chi connectivity index (χ4n) is 2.91. The molecule has 0 aliphatic heterocycles. The predicted octanol–water partition coefficient (Wildman–Crippen LogP) is 4.41. The summed E-state index contributed by atoms with van der Waals surface area (Å²) in [6.07, 6.45) is 5.63. The van der Waals surface area contributed by atoms with Crippen LogP contribution < -0.4 is 0 Å². The van der Waals surface area contributed by atoms with Crippen LogP contribution in [0.2, 0.25) is 10.0 Å². The van der Waals surface area contributed by atoms with Crippen LogP contribution in [0.4, 0.5) is 0 Å². The maximum Gasteiger partial charge on any atom is 0.0807 e. The molecule has 1 aliphatic rings. The number of rotatable bonds is 3. The lowest BCUT2D eigenvalue weighted by atomic mass is 9.95. The summed E-state index contributed by atoms with van der Waals surface area (Å²) in [4.78, 5) is 0. The lowest BCUT2D eigenvalue weighted by molar-refractivity contribution is 0.155. The third-order valence-electron chi connectivity index (χ3n) is 4.00. The van der Waals surface area contributed by atoms with Crippen molar-refractivity contribution in [2.45, 2.75) is 38.3 Å². The standard InChI is InChI=1S/C16H17Cl2NO/c17-12-5-4-11(14(18)10-12)6-8-19-9-7-13-15(19)2-1-3-16(13)20/h4-5,7,9-10,16,20H,1-3,6,8H2. The van der Waals surface area contributed by atoms with E-state index < -0.39 is 0 Å². The first-order valence-electron chi connectivity index (χ1n) is 6.95. The minimum Gasteiger partial charge on any atom is -0.388 e. The van der Waals surface area contributed by atoms with Crippen molar-refractivity contribution in [3.63, 3.8) is 0 Å². The second-order valence-corrected chi connectivity index (χ2v) is 6.15. The van der Waals surface area contributed by atoms with Crippen molar-refractivity contribution in [3.8, 4) is 0 Å². The van der Waals surface area contributed by atoms with E-state index in [1.165, 1.54) is 5.69 Å². The van der Waals surface area contributed by atoms with E-state index in [4.69, 9.17) is 23.2 Å². The fraction of sp³-hybridized carbons (Fsp3) is 0.375. The van der Waals surface area contributed by atoms with Crippen molar-refractivity contribution in [2.24, 2.45) is 0 Å². The van der Waals surface area contributed by atoms with Gasteiger partial charge in [0.2, 0.25) is 0 Å². The minimum atomic E-state index is -0.292. The molecule has 1 unspecified atom stereocenters. The number of aliphatic hydroxyl groups excluding tert-OH is 1. The van der Waals surface area contributed by atoms with Crippen LogP contribution in [0.1, 0.15) is 35.8 Å². The molecule has 1 atom stereocenters. The molecular weight excluding hydrogens is 293 g/mol. The van der Waals surface area contributed by atoms with Crippen LogP contribution in [0.3, 0.4) is 0 Å². The zero-order valence-electron chi connectivity index (χ0n) is 11.1. The van der Waals surface area contributed by atoms with Crippen LogP contribution in [0.15, 0.2) is 30.5 Å². The van der Waals surface area contributed by atoms with Crippen molar-refractivity contribution >= 4 is 23.2 Å². The maximum absolute atomic E-state index is 9.99. The number of aliphatic hydroxyl groups is 1. The van der Waals surface area contributed by atoms with Gasteiger partial charge in [-0.1, -0.05) is 29.3 Å². The molecule has 20 heavy (non-hydrogen) atoms. The molecule has 4 heteroatoms. The van der Waals surface area contributed by atoms with Crippen molar-refractivity contribution < 1.29 is 5.11 Å². The molecule has 0 radical (unpaired) electrons. The molecule has 0 amide bonds. The number of halogens is 2. The summed E-state index contributed by atoms with van der Waals surface area (Å²) >= 11 is 12.1. The summed E-state index contributed by atoms with van der Waals surface area (Å²) in [6, 6.07) is 7.68. The molecule has 1 aromatic carbocycles. The summed E-state index contributed by atoms with van der Waals surface area (Å²) in [5.41, 5.74) is 3.47. The Bertz CT molecular complexity index is 621. The maximum atomic E-state index is 9.99. The summed E-state index contributed by atoms with van der Waals surface area (Å²) < 4.78 is 2.24. The average Bonchev–Trinajstić information content (AvgIpc) is 2.83. The molecule has 0 saturated heterocycles. The lowest BCUT2D eigenvalue weighted by Crippen LogP contribution is -2.12. The molecule has 3 rings (SSSR count). The molecule has 1 heterocycles. The highest BCUT2D eigenvalue weighted by atomic mass is 35.5. The van der Waals surface area contributed by atoms with E-state index in [-0.39, 0.29) is 6.10 Å². The number of hydrogen-bond acceptors (Lipinski definition) is 1. The quantitative estimate of drug-likeness (QED) is 0.892. The van der Waals surface area contributed by atoms with Crippen LogP contribution in [0.25, 0.3) is 0 Å². The van der Waals surface area contributed by atoms with Crippen LogP contribution in [0.5, 0.6) is 0 Å². The molecule has 0 fully saturated rings. The highest BCUT2D eigenvalue weighted by Crippen LogP contribution is 2.30. The first-order valence-corrected chi connectivity index (χ1v) is 7.70. The SMILES string of the molecule is OC1CCCc2c1ccn2CCc1ccc(Cl)cc1Cl. The van der Waals surface area contributed by atoms with Crippen LogP contribution >= 0.6 is 23.2 Å². The zero-order valence-corrected chi connectivity index (χ0v) is 12.7. The second kappa shape index (κ2) is 5.80. The van der Waals surface area contributed by atoms with Crippen molar-refractivity contribution in [2.75, 3.05) is 0 Å². The molecular formula is C16H17Cl2NO. The molecule has 1 aromatic heterocycles. The van der Waals surface area contributed by atoms with Crippen LogP contribution in [0, 0.1) is 0 Å². The van der Waals surface area contributed by atoms with Gasteiger partial charge in [-0.2, -0.15) is 0 Å². The normalized spacial score (nSPS) is 18.1. The van der Waals surface area contributed by atoms with Crippen LogP contribution in [-0.4, -0.2) is 9.67 Å². The minimum absolute atomic E-state index is 0.292. The second-order valence-electron chi connectivity index (χ2n) is 5.30. The summed E-state index contributed by atoms with van der Waals surface area (Å²) in [5, 5.41) is 11.4. The van der Waals surface area contributed by atoms with Gasteiger partial charge in [0.05, 0.1) is 6.10 Å². The Morgan fingerprint density at radius 2 is 2.10 bits per heavy atom. The number of aromatic nitrogens is 1. The molecule has 106 valence electrons. The predicted molar refractivity (Wildman–Crippen MR) is 82.5 cm³/mol. The number of fused-ring (bicyclic) bond motifs is 1. The number of aryl methyl sites for hydroxylation is 2. The van der Waals surface area contributed by atoms with Gasteiger partial charge in [0, 0.05) is 34.0 Å². The Hall–Kier alpha value is -0.960. The molecule has 0 spiro atoms. The molecule has 2 nitrogen and oxygen atoms in total. The van der Waals surface area contributed by atoms with Gasteiger partial charge < -0.3 is 9.67 Å². The first kappa shape index (κ1) is 14.0. The van der Waals surface area contributed by atoms with Crippen molar-refractivity contribution in [1.82, 2.24) is 4.57 Å². The number of nitrogens with zero attached hydrogens (tertiary/aromatic N) is 1. The smallest absolute Gasteiger partial charge is 0.0807 e. The van der Waals surface area contributed by atoms with E-state index >= 15 is 0 Å². The fourth-order valence-corrected chi connectivity index (χ4v) is 3.41. The Labute approximate surface area is 128 Å². The Kier molecular flexibility index (Phi) is 4.06. The zero-order chi connectivity index (χ0) is 14.1. The van der Waals surface area contributed by atoms with Crippen molar-refractivity contribution in [1.29, 1.82) is 0 Å². The summed E-state index contributed by atoms with van der Waals surface area (Å²) in [5.74, 6) is 0.